The lowest BCUT2D eigenvalue weighted by atomic mass is 9.91. The number of amides is 1. The Morgan fingerprint density at radius 2 is 1.81 bits per heavy atom. The molecule has 0 unspecified atom stereocenters. The number of halogens is 1. The molecule has 164 valence electrons. The van der Waals surface area contributed by atoms with Crippen LogP contribution in [-0.2, 0) is 6.42 Å². The van der Waals surface area contributed by atoms with Crippen molar-refractivity contribution in [3.63, 3.8) is 0 Å². The minimum Gasteiger partial charge on any atom is -0.322 e. The van der Waals surface area contributed by atoms with Gasteiger partial charge in [0.15, 0.2) is 0 Å². The van der Waals surface area contributed by atoms with E-state index in [9.17, 15) is 4.79 Å². The van der Waals surface area contributed by atoms with Gasteiger partial charge in [-0.05, 0) is 87.2 Å². The van der Waals surface area contributed by atoms with Crippen LogP contribution in [0.3, 0.4) is 0 Å². The van der Waals surface area contributed by atoms with E-state index in [1.807, 2.05) is 16.8 Å². The summed E-state index contributed by atoms with van der Waals surface area (Å²) in [6, 6.07) is 14.4. The molecule has 1 amide bonds. The highest BCUT2D eigenvalue weighted by molar-refractivity contribution is 6.05. The van der Waals surface area contributed by atoms with Gasteiger partial charge >= 0.3 is 0 Å². The summed E-state index contributed by atoms with van der Waals surface area (Å²) in [6.45, 7) is 8.27. The molecule has 0 spiro atoms. The molecular formula is C25H31ClN4O. The predicted molar refractivity (Wildman–Crippen MR) is 129 cm³/mol. The average Bonchev–Trinajstić information content (AvgIpc) is 3.22. The molecule has 0 saturated carbocycles. The number of aromatic nitrogens is 2. The molecule has 0 aliphatic carbocycles. The number of hydrogen-bond donors (Lipinski definition) is 2. The SMILES string of the molecule is CCc1ccc(NC(=O)c2cnn(-c3ccc(C)c(C)c3)c2C2CCNCC2)cc1.Cl. The first-order valence-corrected chi connectivity index (χ1v) is 10.8. The Morgan fingerprint density at radius 3 is 2.45 bits per heavy atom. The summed E-state index contributed by atoms with van der Waals surface area (Å²) in [4.78, 5) is 13.2. The molecule has 6 heteroatoms. The van der Waals surface area contributed by atoms with Crippen LogP contribution in [0.4, 0.5) is 5.69 Å². The second-order valence-electron chi connectivity index (χ2n) is 8.15. The summed E-state index contributed by atoms with van der Waals surface area (Å²) in [5, 5.41) is 11.1. The summed E-state index contributed by atoms with van der Waals surface area (Å²) >= 11 is 0. The van der Waals surface area contributed by atoms with Gasteiger partial charge in [-0.3, -0.25) is 4.79 Å². The standard InChI is InChI=1S/C25H30N4O.ClH/c1-4-19-6-8-21(9-7-19)28-25(30)23-16-27-29(22-10-5-17(2)18(3)15-22)24(23)20-11-13-26-14-12-20;/h5-10,15-16,20,26H,4,11-14H2,1-3H3,(H,28,30);1H. The number of hydrogen-bond acceptors (Lipinski definition) is 3. The van der Waals surface area contributed by atoms with Gasteiger partial charge in [0.05, 0.1) is 23.1 Å². The molecular weight excluding hydrogens is 408 g/mol. The molecule has 1 aromatic heterocycles. The summed E-state index contributed by atoms with van der Waals surface area (Å²) < 4.78 is 1.97. The van der Waals surface area contributed by atoms with E-state index in [-0.39, 0.29) is 18.3 Å². The third-order valence-electron chi connectivity index (χ3n) is 6.13. The maximum Gasteiger partial charge on any atom is 0.259 e. The zero-order chi connectivity index (χ0) is 21.1. The lowest BCUT2D eigenvalue weighted by Gasteiger charge is -2.25. The van der Waals surface area contributed by atoms with Gasteiger partial charge < -0.3 is 10.6 Å². The molecule has 0 radical (unpaired) electrons. The van der Waals surface area contributed by atoms with Crippen molar-refractivity contribution in [2.45, 2.75) is 46.0 Å². The van der Waals surface area contributed by atoms with Crippen LogP contribution in [0.2, 0.25) is 0 Å². The van der Waals surface area contributed by atoms with Crippen LogP contribution in [0, 0.1) is 13.8 Å². The van der Waals surface area contributed by atoms with Crippen molar-refractivity contribution >= 4 is 24.0 Å². The molecule has 31 heavy (non-hydrogen) atoms. The van der Waals surface area contributed by atoms with Crippen molar-refractivity contribution in [3.05, 3.63) is 76.6 Å². The van der Waals surface area contributed by atoms with E-state index in [1.165, 1.54) is 16.7 Å². The molecule has 2 heterocycles. The van der Waals surface area contributed by atoms with E-state index >= 15 is 0 Å². The van der Waals surface area contributed by atoms with E-state index in [0.717, 1.165) is 49.4 Å². The summed E-state index contributed by atoms with van der Waals surface area (Å²) in [5.74, 6) is 0.210. The fourth-order valence-corrected chi connectivity index (χ4v) is 4.11. The predicted octanol–water partition coefficient (Wildman–Crippen LogP) is 5.19. The van der Waals surface area contributed by atoms with Crippen molar-refractivity contribution in [2.75, 3.05) is 18.4 Å². The van der Waals surface area contributed by atoms with Crippen LogP contribution in [0.1, 0.15) is 58.4 Å². The zero-order valence-corrected chi connectivity index (χ0v) is 19.3. The summed E-state index contributed by atoms with van der Waals surface area (Å²) in [6.07, 6.45) is 4.71. The normalized spacial score (nSPS) is 14.2. The highest BCUT2D eigenvalue weighted by Crippen LogP contribution is 2.31. The monoisotopic (exact) mass is 438 g/mol. The molecule has 0 bridgehead atoms. The molecule has 1 saturated heterocycles. The number of rotatable bonds is 5. The number of carbonyl (C=O) groups excluding carboxylic acids is 1. The fraction of sp³-hybridized carbons (Fsp3) is 0.360. The first-order valence-electron chi connectivity index (χ1n) is 10.8. The van der Waals surface area contributed by atoms with E-state index in [2.05, 4.69) is 66.8 Å². The van der Waals surface area contributed by atoms with Crippen LogP contribution in [0.25, 0.3) is 5.69 Å². The van der Waals surface area contributed by atoms with Crippen molar-refractivity contribution in [3.8, 4) is 5.69 Å². The van der Waals surface area contributed by atoms with Gasteiger partial charge in [-0.1, -0.05) is 25.1 Å². The highest BCUT2D eigenvalue weighted by atomic mass is 35.5. The Balaban J connectivity index is 0.00000272. The molecule has 3 aromatic rings. The van der Waals surface area contributed by atoms with Crippen molar-refractivity contribution in [1.29, 1.82) is 0 Å². The molecule has 1 aliphatic rings. The highest BCUT2D eigenvalue weighted by Gasteiger charge is 2.27. The quantitative estimate of drug-likeness (QED) is 0.576. The molecule has 1 fully saturated rings. The molecule has 0 atom stereocenters. The van der Waals surface area contributed by atoms with E-state index in [1.54, 1.807) is 6.20 Å². The van der Waals surface area contributed by atoms with Gasteiger partial charge in [-0.25, -0.2) is 4.68 Å². The minimum atomic E-state index is -0.0946. The Kier molecular flexibility index (Phi) is 7.52. The third-order valence-corrected chi connectivity index (χ3v) is 6.13. The zero-order valence-electron chi connectivity index (χ0n) is 18.4. The van der Waals surface area contributed by atoms with Gasteiger partial charge in [0.25, 0.3) is 5.91 Å². The van der Waals surface area contributed by atoms with Crippen LogP contribution in [0.15, 0.2) is 48.7 Å². The number of benzene rings is 2. The Hall–Kier alpha value is -2.63. The maximum atomic E-state index is 13.2. The first kappa shape index (κ1) is 23.0. The number of carbonyl (C=O) groups is 1. The average molecular weight is 439 g/mol. The smallest absolute Gasteiger partial charge is 0.259 e. The van der Waals surface area contributed by atoms with Gasteiger partial charge in [0.2, 0.25) is 0 Å². The van der Waals surface area contributed by atoms with Crippen LogP contribution in [0.5, 0.6) is 0 Å². The second kappa shape index (κ2) is 10.1. The Morgan fingerprint density at radius 1 is 1.10 bits per heavy atom. The molecule has 2 N–H and O–H groups in total. The van der Waals surface area contributed by atoms with Crippen molar-refractivity contribution in [2.24, 2.45) is 0 Å². The van der Waals surface area contributed by atoms with Crippen LogP contribution >= 0.6 is 12.4 Å². The van der Waals surface area contributed by atoms with Gasteiger partial charge in [0.1, 0.15) is 0 Å². The van der Waals surface area contributed by atoms with Gasteiger partial charge in [-0.2, -0.15) is 5.10 Å². The van der Waals surface area contributed by atoms with Crippen molar-refractivity contribution in [1.82, 2.24) is 15.1 Å². The number of aryl methyl sites for hydroxylation is 3. The Bertz CT molecular complexity index is 1040. The number of piperidine rings is 1. The maximum absolute atomic E-state index is 13.2. The van der Waals surface area contributed by atoms with Gasteiger partial charge in [-0.15, -0.1) is 12.4 Å². The third kappa shape index (κ3) is 5.00. The molecule has 5 nitrogen and oxygen atoms in total. The molecule has 1 aliphatic heterocycles. The number of anilines is 1. The number of nitrogens with one attached hydrogen (secondary N) is 2. The van der Waals surface area contributed by atoms with Crippen molar-refractivity contribution < 1.29 is 4.79 Å². The second-order valence-corrected chi connectivity index (χ2v) is 8.15. The van der Waals surface area contributed by atoms with Crippen LogP contribution < -0.4 is 10.6 Å². The summed E-state index contributed by atoms with van der Waals surface area (Å²) in [7, 11) is 0. The van der Waals surface area contributed by atoms with E-state index < -0.39 is 0 Å². The van der Waals surface area contributed by atoms with E-state index in [4.69, 9.17) is 0 Å². The van der Waals surface area contributed by atoms with E-state index in [0.29, 0.717) is 11.5 Å². The molecule has 4 rings (SSSR count). The van der Waals surface area contributed by atoms with Gasteiger partial charge in [0, 0.05) is 11.6 Å². The first-order chi connectivity index (χ1) is 14.6. The van der Waals surface area contributed by atoms with Crippen LogP contribution in [-0.4, -0.2) is 28.8 Å². The lowest BCUT2D eigenvalue weighted by Crippen LogP contribution is -2.29. The Labute approximate surface area is 190 Å². The number of nitrogens with zero attached hydrogens (tertiary/aromatic N) is 2. The fourth-order valence-electron chi connectivity index (χ4n) is 4.11. The largest absolute Gasteiger partial charge is 0.322 e. The topological polar surface area (TPSA) is 59.0 Å². The lowest BCUT2D eigenvalue weighted by molar-refractivity contribution is 0.102. The summed E-state index contributed by atoms with van der Waals surface area (Å²) in [5.41, 5.74) is 7.24. The minimum absolute atomic E-state index is 0. The molecule has 2 aromatic carbocycles.